The number of rotatable bonds is 7. The number of allylic oxidation sites excluding steroid dienone is 3. The monoisotopic (exact) mass is 366 g/mol. The van der Waals surface area contributed by atoms with Gasteiger partial charge in [-0.05, 0) is 36.6 Å². The number of hydrogen-bond donors (Lipinski definition) is 0. The van der Waals surface area contributed by atoms with Gasteiger partial charge in [0.15, 0.2) is 0 Å². The first-order chi connectivity index (χ1) is 13.7. The third-order valence-corrected chi connectivity index (χ3v) is 4.82. The fourth-order valence-corrected chi connectivity index (χ4v) is 3.70. The molecule has 0 atom stereocenters. The molecule has 0 fully saturated rings. The molecule has 0 aromatic heterocycles. The summed E-state index contributed by atoms with van der Waals surface area (Å²) in [5, 5.41) is 6.93. The standard InChI is InChI=1S/C26H26N2/c1-4-15-22(3)28(27-5-2)26(23-16-9-6-10-17-23,24-18-11-7-12-19-24)25-20-13-8-14-21-25/h4-21H,1H2,2-3H3/b22-15+,27-5-. The Hall–Kier alpha value is -3.39. The van der Waals surface area contributed by atoms with Crippen molar-refractivity contribution in [2.75, 3.05) is 0 Å². The summed E-state index contributed by atoms with van der Waals surface area (Å²) in [6.45, 7) is 7.90. The highest BCUT2D eigenvalue weighted by atomic mass is 15.5. The van der Waals surface area contributed by atoms with Crippen LogP contribution in [0.1, 0.15) is 30.5 Å². The van der Waals surface area contributed by atoms with E-state index in [4.69, 9.17) is 5.10 Å². The minimum atomic E-state index is -0.611. The third-order valence-electron chi connectivity index (χ3n) is 4.82. The third kappa shape index (κ3) is 3.54. The van der Waals surface area contributed by atoms with Crippen LogP contribution in [0.2, 0.25) is 0 Å². The largest absolute Gasteiger partial charge is 0.251 e. The average Bonchev–Trinajstić information content (AvgIpc) is 2.76. The Labute approximate surface area is 168 Å². The highest BCUT2D eigenvalue weighted by Crippen LogP contribution is 2.44. The van der Waals surface area contributed by atoms with Gasteiger partial charge >= 0.3 is 0 Å². The Morgan fingerprint density at radius 1 is 0.786 bits per heavy atom. The van der Waals surface area contributed by atoms with Gasteiger partial charge in [0.2, 0.25) is 0 Å². The van der Waals surface area contributed by atoms with Crippen LogP contribution in [0.5, 0.6) is 0 Å². The molecule has 0 bridgehead atoms. The SMILES string of the molecule is C=C/C=C(\C)N(/N=C\C)C(c1ccccc1)(c1ccccc1)c1ccccc1. The van der Waals surface area contributed by atoms with Gasteiger partial charge in [-0.15, -0.1) is 0 Å². The summed E-state index contributed by atoms with van der Waals surface area (Å²) in [5.41, 5.74) is 3.84. The van der Waals surface area contributed by atoms with E-state index >= 15 is 0 Å². The maximum Gasteiger partial charge on any atom is 0.138 e. The summed E-state index contributed by atoms with van der Waals surface area (Å²) in [4.78, 5) is 0. The van der Waals surface area contributed by atoms with E-state index < -0.39 is 5.54 Å². The van der Waals surface area contributed by atoms with Crippen molar-refractivity contribution in [1.82, 2.24) is 5.01 Å². The molecule has 0 radical (unpaired) electrons. The molecule has 3 aromatic carbocycles. The van der Waals surface area contributed by atoms with E-state index in [-0.39, 0.29) is 0 Å². The highest BCUT2D eigenvalue weighted by molar-refractivity contribution is 5.55. The molecule has 0 unspecified atom stereocenters. The Bertz CT molecular complexity index is 845. The minimum Gasteiger partial charge on any atom is -0.251 e. The number of nitrogens with zero attached hydrogens (tertiary/aromatic N) is 2. The van der Waals surface area contributed by atoms with Crippen LogP contribution in [-0.4, -0.2) is 11.2 Å². The molecule has 0 heterocycles. The van der Waals surface area contributed by atoms with Gasteiger partial charge in [0, 0.05) is 11.9 Å². The quantitative estimate of drug-likeness (QED) is 0.205. The summed E-state index contributed by atoms with van der Waals surface area (Å²) in [5.74, 6) is 0. The maximum atomic E-state index is 4.84. The Morgan fingerprint density at radius 2 is 1.18 bits per heavy atom. The Balaban J connectivity index is 2.46. The molecule has 0 amide bonds. The smallest absolute Gasteiger partial charge is 0.138 e. The lowest BCUT2D eigenvalue weighted by Crippen LogP contribution is -2.44. The lowest BCUT2D eigenvalue weighted by molar-refractivity contribution is 0.220. The van der Waals surface area contributed by atoms with Crippen LogP contribution in [-0.2, 0) is 5.54 Å². The maximum absolute atomic E-state index is 4.84. The normalized spacial score (nSPS) is 12.1. The van der Waals surface area contributed by atoms with Gasteiger partial charge < -0.3 is 0 Å². The lowest BCUT2D eigenvalue weighted by atomic mass is 9.76. The van der Waals surface area contributed by atoms with Crippen LogP contribution in [0.15, 0.2) is 121 Å². The first kappa shape index (κ1) is 19.4. The van der Waals surface area contributed by atoms with Crippen LogP contribution >= 0.6 is 0 Å². The zero-order valence-electron chi connectivity index (χ0n) is 16.5. The molecule has 0 saturated carbocycles. The van der Waals surface area contributed by atoms with Crippen LogP contribution in [0.25, 0.3) is 0 Å². The molecule has 0 spiro atoms. The summed E-state index contributed by atoms with van der Waals surface area (Å²) >= 11 is 0. The molecule has 3 rings (SSSR count). The molecule has 2 nitrogen and oxygen atoms in total. The van der Waals surface area contributed by atoms with Gasteiger partial charge in [-0.3, -0.25) is 5.01 Å². The van der Waals surface area contributed by atoms with Gasteiger partial charge in [0.1, 0.15) is 5.54 Å². The molecular weight excluding hydrogens is 340 g/mol. The molecule has 2 heteroatoms. The Kier molecular flexibility index (Phi) is 6.23. The second-order valence-electron chi connectivity index (χ2n) is 6.54. The zero-order chi connectivity index (χ0) is 19.8. The van der Waals surface area contributed by atoms with E-state index in [0.29, 0.717) is 0 Å². The van der Waals surface area contributed by atoms with E-state index in [1.165, 1.54) is 0 Å². The summed E-state index contributed by atoms with van der Waals surface area (Å²) < 4.78 is 0. The lowest BCUT2D eigenvalue weighted by Gasteiger charge is -2.44. The van der Waals surface area contributed by atoms with Crippen LogP contribution in [0.3, 0.4) is 0 Å². The Morgan fingerprint density at radius 3 is 1.50 bits per heavy atom. The average molecular weight is 367 g/mol. The number of benzene rings is 3. The number of hydrogen-bond acceptors (Lipinski definition) is 2. The van der Waals surface area contributed by atoms with Gasteiger partial charge in [-0.25, -0.2) is 0 Å². The first-order valence-corrected chi connectivity index (χ1v) is 9.50. The molecule has 28 heavy (non-hydrogen) atoms. The fourth-order valence-electron chi connectivity index (χ4n) is 3.70. The first-order valence-electron chi connectivity index (χ1n) is 9.50. The molecule has 140 valence electrons. The fraction of sp³-hybridized carbons (Fsp3) is 0.115. The summed E-state index contributed by atoms with van der Waals surface area (Å²) in [6, 6.07) is 31.6. The van der Waals surface area contributed by atoms with E-state index in [1.807, 2.05) is 37.4 Å². The molecule has 0 N–H and O–H groups in total. The van der Waals surface area contributed by atoms with Crippen molar-refractivity contribution in [3.05, 3.63) is 132 Å². The van der Waals surface area contributed by atoms with Gasteiger partial charge in [0.05, 0.1) is 0 Å². The van der Waals surface area contributed by atoms with E-state index in [1.54, 1.807) is 6.08 Å². The van der Waals surface area contributed by atoms with Crippen molar-refractivity contribution in [2.45, 2.75) is 19.4 Å². The van der Waals surface area contributed by atoms with Crippen molar-refractivity contribution in [3.63, 3.8) is 0 Å². The summed E-state index contributed by atoms with van der Waals surface area (Å²) in [7, 11) is 0. The van der Waals surface area contributed by atoms with Crippen molar-refractivity contribution in [2.24, 2.45) is 5.10 Å². The van der Waals surface area contributed by atoms with Crippen LogP contribution in [0.4, 0.5) is 0 Å². The van der Waals surface area contributed by atoms with Crippen molar-refractivity contribution in [3.8, 4) is 0 Å². The molecule has 0 aliphatic carbocycles. The predicted molar refractivity (Wildman–Crippen MR) is 119 cm³/mol. The second kappa shape index (κ2) is 9.01. The number of hydrazone groups is 1. The molecular formula is C26H26N2. The van der Waals surface area contributed by atoms with E-state index in [2.05, 4.69) is 91.3 Å². The topological polar surface area (TPSA) is 15.6 Å². The molecule has 0 saturated heterocycles. The molecule has 3 aromatic rings. The van der Waals surface area contributed by atoms with Crippen molar-refractivity contribution < 1.29 is 0 Å². The van der Waals surface area contributed by atoms with Gasteiger partial charge in [-0.2, -0.15) is 5.10 Å². The highest BCUT2D eigenvalue weighted by Gasteiger charge is 2.42. The minimum absolute atomic E-state index is 0.611. The van der Waals surface area contributed by atoms with Crippen molar-refractivity contribution in [1.29, 1.82) is 0 Å². The predicted octanol–water partition coefficient (Wildman–Crippen LogP) is 6.38. The van der Waals surface area contributed by atoms with Gasteiger partial charge in [-0.1, -0.05) is 104 Å². The van der Waals surface area contributed by atoms with Crippen LogP contribution < -0.4 is 0 Å². The second-order valence-corrected chi connectivity index (χ2v) is 6.54. The zero-order valence-corrected chi connectivity index (χ0v) is 16.5. The van der Waals surface area contributed by atoms with Gasteiger partial charge in [0.25, 0.3) is 0 Å². The van der Waals surface area contributed by atoms with Crippen LogP contribution in [0, 0.1) is 0 Å². The molecule has 0 aliphatic heterocycles. The van der Waals surface area contributed by atoms with E-state index in [9.17, 15) is 0 Å². The van der Waals surface area contributed by atoms with E-state index in [0.717, 1.165) is 22.4 Å². The summed E-state index contributed by atoms with van der Waals surface area (Å²) in [6.07, 6.45) is 5.64. The molecule has 0 aliphatic rings. The van der Waals surface area contributed by atoms with Crippen molar-refractivity contribution >= 4 is 6.21 Å².